The van der Waals surface area contributed by atoms with Gasteiger partial charge >= 0.3 is 0 Å². The van der Waals surface area contributed by atoms with E-state index in [1.165, 1.54) is 11.1 Å². The Labute approximate surface area is 119 Å². The molecule has 3 rings (SSSR count). The lowest BCUT2D eigenvalue weighted by molar-refractivity contribution is 1.03. The molecule has 0 N–H and O–H groups in total. The Morgan fingerprint density at radius 1 is 0.850 bits per heavy atom. The van der Waals surface area contributed by atoms with E-state index in [1.54, 1.807) is 6.33 Å². The van der Waals surface area contributed by atoms with Gasteiger partial charge in [-0.3, -0.25) is 0 Å². The number of aromatic nitrogens is 2. The van der Waals surface area contributed by atoms with Crippen LogP contribution in [0.1, 0.15) is 16.8 Å². The van der Waals surface area contributed by atoms with Crippen molar-refractivity contribution in [3.63, 3.8) is 0 Å². The lowest BCUT2D eigenvalue weighted by Gasteiger charge is -2.04. The highest BCUT2D eigenvalue weighted by Gasteiger charge is 2.02. The maximum atomic E-state index is 4.37. The van der Waals surface area contributed by atoms with Crippen LogP contribution in [-0.2, 0) is 6.42 Å². The summed E-state index contributed by atoms with van der Waals surface area (Å²) in [6, 6.07) is 20.8. The first-order valence-corrected chi connectivity index (χ1v) is 6.73. The number of hydrogen-bond acceptors (Lipinski definition) is 2. The van der Waals surface area contributed by atoms with Crippen molar-refractivity contribution in [3.05, 3.63) is 83.8 Å². The van der Waals surface area contributed by atoms with Crippen LogP contribution in [0.2, 0.25) is 0 Å². The van der Waals surface area contributed by atoms with Gasteiger partial charge in [0, 0.05) is 17.7 Å². The highest BCUT2D eigenvalue weighted by Crippen LogP contribution is 2.17. The third-order valence-electron chi connectivity index (χ3n) is 3.30. The van der Waals surface area contributed by atoms with E-state index in [-0.39, 0.29) is 0 Å². The molecule has 98 valence electrons. The topological polar surface area (TPSA) is 25.8 Å². The van der Waals surface area contributed by atoms with E-state index in [1.807, 2.05) is 18.2 Å². The quantitative estimate of drug-likeness (QED) is 0.710. The molecule has 0 radical (unpaired) electrons. The summed E-state index contributed by atoms with van der Waals surface area (Å²) in [5, 5.41) is 0. The molecule has 2 nitrogen and oxygen atoms in total. The summed E-state index contributed by atoms with van der Waals surface area (Å²) in [4.78, 5) is 8.73. The normalized spacial score (nSPS) is 10.4. The standard InChI is InChI=1S/C18H16N2/c1-14-7-9-15(10-8-14)11-17-12-18(20-13-19-17)16-5-3-2-4-6-16/h2-10,12-13H,11H2,1H3. The Morgan fingerprint density at radius 2 is 1.60 bits per heavy atom. The van der Waals surface area contributed by atoms with Gasteiger partial charge < -0.3 is 0 Å². The molecule has 0 spiro atoms. The molecule has 0 amide bonds. The summed E-state index contributed by atoms with van der Waals surface area (Å²) in [5.74, 6) is 0. The van der Waals surface area contributed by atoms with Gasteiger partial charge in [-0.1, -0.05) is 60.2 Å². The molecule has 0 aliphatic carbocycles. The number of rotatable bonds is 3. The largest absolute Gasteiger partial charge is 0.241 e. The zero-order valence-corrected chi connectivity index (χ0v) is 11.5. The second kappa shape index (κ2) is 5.66. The van der Waals surface area contributed by atoms with Crippen LogP contribution in [0.3, 0.4) is 0 Å². The molecular formula is C18H16N2. The minimum Gasteiger partial charge on any atom is -0.241 e. The maximum Gasteiger partial charge on any atom is 0.116 e. The van der Waals surface area contributed by atoms with Gasteiger partial charge in [0.1, 0.15) is 6.33 Å². The van der Waals surface area contributed by atoms with Gasteiger partial charge in [0.05, 0.1) is 5.69 Å². The highest BCUT2D eigenvalue weighted by molar-refractivity contribution is 5.58. The fourth-order valence-electron chi connectivity index (χ4n) is 2.18. The van der Waals surface area contributed by atoms with Crippen LogP contribution in [0.25, 0.3) is 11.3 Å². The first-order valence-electron chi connectivity index (χ1n) is 6.73. The Bertz CT molecular complexity index is 688. The van der Waals surface area contributed by atoms with Crippen molar-refractivity contribution in [3.8, 4) is 11.3 Å². The van der Waals surface area contributed by atoms with Crippen LogP contribution in [0, 0.1) is 6.92 Å². The van der Waals surface area contributed by atoms with Gasteiger partial charge in [0.2, 0.25) is 0 Å². The molecule has 0 aliphatic heterocycles. The molecule has 2 aromatic carbocycles. The molecule has 0 saturated carbocycles. The SMILES string of the molecule is Cc1ccc(Cc2cc(-c3ccccc3)ncn2)cc1. The van der Waals surface area contributed by atoms with Crippen molar-refractivity contribution in [2.45, 2.75) is 13.3 Å². The van der Waals surface area contributed by atoms with Crippen molar-refractivity contribution in [1.82, 2.24) is 9.97 Å². The second-order valence-electron chi connectivity index (χ2n) is 4.92. The van der Waals surface area contributed by atoms with E-state index in [0.717, 1.165) is 23.4 Å². The number of nitrogens with zero attached hydrogens (tertiary/aromatic N) is 2. The van der Waals surface area contributed by atoms with Gasteiger partial charge in [-0.15, -0.1) is 0 Å². The summed E-state index contributed by atoms with van der Waals surface area (Å²) < 4.78 is 0. The zero-order chi connectivity index (χ0) is 13.8. The summed E-state index contributed by atoms with van der Waals surface area (Å²) >= 11 is 0. The molecule has 2 heteroatoms. The summed E-state index contributed by atoms with van der Waals surface area (Å²) in [7, 11) is 0. The average Bonchev–Trinajstić information content (AvgIpc) is 2.51. The van der Waals surface area contributed by atoms with Crippen LogP contribution in [0.4, 0.5) is 0 Å². The van der Waals surface area contributed by atoms with Gasteiger partial charge in [-0.25, -0.2) is 9.97 Å². The van der Waals surface area contributed by atoms with Crippen molar-refractivity contribution in [1.29, 1.82) is 0 Å². The molecule has 0 atom stereocenters. The Balaban J connectivity index is 1.86. The number of benzene rings is 2. The zero-order valence-electron chi connectivity index (χ0n) is 11.5. The molecule has 0 aliphatic rings. The first kappa shape index (κ1) is 12.5. The van der Waals surface area contributed by atoms with E-state index in [9.17, 15) is 0 Å². The van der Waals surface area contributed by atoms with Crippen LogP contribution in [-0.4, -0.2) is 9.97 Å². The molecule has 1 aromatic heterocycles. The molecule has 3 aromatic rings. The molecule has 0 unspecified atom stereocenters. The highest BCUT2D eigenvalue weighted by atomic mass is 14.8. The van der Waals surface area contributed by atoms with E-state index >= 15 is 0 Å². The summed E-state index contributed by atoms with van der Waals surface area (Å²) in [6.07, 6.45) is 2.48. The maximum absolute atomic E-state index is 4.37. The van der Waals surface area contributed by atoms with Crippen LogP contribution < -0.4 is 0 Å². The molecule has 0 saturated heterocycles. The van der Waals surface area contributed by atoms with Gasteiger partial charge in [-0.2, -0.15) is 0 Å². The Hall–Kier alpha value is -2.48. The third kappa shape index (κ3) is 2.91. The fraction of sp³-hybridized carbons (Fsp3) is 0.111. The van der Waals surface area contributed by atoms with E-state index in [0.29, 0.717) is 0 Å². The van der Waals surface area contributed by atoms with E-state index in [4.69, 9.17) is 0 Å². The van der Waals surface area contributed by atoms with Gasteiger partial charge in [0.25, 0.3) is 0 Å². The molecular weight excluding hydrogens is 244 g/mol. The summed E-state index contributed by atoms with van der Waals surface area (Å²) in [5.41, 5.74) is 5.69. The van der Waals surface area contributed by atoms with Crippen LogP contribution >= 0.6 is 0 Å². The van der Waals surface area contributed by atoms with Crippen molar-refractivity contribution in [2.75, 3.05) is 0 Å². The number of aryl methyl sites for hydroxylation is 1. The molecule has 0 bridgehead atoms. The minimum atomic E-state index is 0.836. The summed E-state index contributed by atoms with van der Waals surface area (Å²) in [6.45, 7) is 2.10. The minimum absolute atomic E-state index is 0.836. The smallest absolute Gasteiger partial charge is 0.116 e. The van der Waals surface area contributed by atoms with Crippen molar-refractivity contribution < 1.29 is 0 Å². The van der Waals surface area contributed by atoms with Crippen molar-refractivity contribution >= 4 is 0 Å². The van der Waals surface area contributed by atoms with Gasteiger partial charge in [-0.05, 0) is 18.6 Å². The first-order chi connectivity index (χ1) is 9.81. The lowest BCUT2D eigenvalue weighted by Crippen LogP contribution is -1.95. The van der Waals surface area contributed by atoms with E-state index in [2.05, 4.69) is 59.4 Å². The predicted molar refractivity (Wildman–Crippen MR) is 81.5 cm³/mol. The Kier molecular flexibility index (Phi) is 3.55. The molecule has 20 heavy (non-hydrogen) atoms. The molecule has 0 fully saturated rings. The fourth-order valence-corrected chi connectivity index (χ4v) is 2.18. The van der Waals surface area contributed by atoms with Gasteiger partial charge in [0.15, 0.2) is 0 Å². The lowest BCUT2D eigenvalue weighted by atomic mass is 10.1. The van der Waals surface area contributed by atoms with Crippen LogP contribution in [0.5, 0.6) is 0 Å². The average molecular weight is 260 g/mol. The predicted octanol–water partition coefficient (Wildman–Crippen LogP) is 4.04. The van der Waals surface area contributed by atoms with E-state index < -0.39 is 0 Å². The monoisotopic (exact) mass is 260 g/mol. The third-order valence-corrected chi connectivity index (χ3v) is 3.30. The number of hydrogen-bond donors (Lipinski definition) is 0. The Morgan fingerprint density at radius 3 is 2.35 bits per heavy atom. The van der Waals surface area contributed by atoms with Crippen molar-refractivity contribution in [2.24, 2.45) is 0 Å². The second-order valence-corrected chi connectivity index (χ2v) is 4.92. The van der Waals surface area contributed by atoms with Crippen LogP contribution in [0.15, 0.2) is 67.0 Å². The molecule has 1 heterocycles.